The average molecular weight is 865 g/mol. The lowest BCUT2D eigenvalue weighted by Crippen LogP contribution is -2.74. The van der Waals surface area contributed by atoms with Crippen LogP contribution in [0, 0.1) is 0 Å². The van der Waals surface area contributed by atoms with Gasteiger partial charge in [-0.25, -0.2) is 0 Å². The van der Waals surface area contributed by atoms with Crippen LogP contribution in [0.3, 0.4) is 0 Å². The first-order chi connectivity index (χ1) is 21.5. The standard InChI is InChI=1S/C21H37F17O7Si5/c1-39-50(40-2,41-3)45-49(10,11)44-48(8,9)43-47(6,7)42-46(4,5)13-12-14(22,23)15(24,25)16(26,27)17(28,29)18(30,31)19(32,33)20(34,35)21(36,37)38/h12-13H2,1-11H3. The Morgan fingerprint density at radius 1 is 0.380 bits per heavy atom. The van der Waals surface area contributed by atoms with Gasteiger partial charge in [0.05, 0.1) is 0 Å². The largest absolute Gasteiger partial charge is 0.669 e. The second kappa shape index (κ2) is 14.7. The highest BCUT2D eigenvalue weighted by atomic mass is 28.5. The number of hydrogen-bond acceptors (Lipinski definition) is 7. The Bertz CT molecular complexity index is 1140. The van der Waals surface area contributed by atoms with Crippen LogP contribution in [-0.4, -0.2) is 112 Å². The SMILES string of the molecule is CO[Si](OC)(OC)O[Si](C)(C)O[Si](C)(C)O[Si](C)(C)O[Si](C)(C)CCC(F)(F)C(F)(F)C(F)(F)C(F)(F)C(F)(F)C(F)(F)C(F)(F)C(F)(F)F. The zero-order valence-corrected chi connectivity index (χ0v) is 33.2. The van der Waals surface area contributed by atoms with Crippen molar-refractivity contribution in [1.29, 1.82) is 0 Å². The molecule has 0 spiro atoms. The molecule has 0 rings (SSSR count). The zero-order chi connectivity index (χ0) is 40.9. The van der Waals surface area contributed by atoms with Gasteiger partial charge < -0.3 is 29.7 Å². The summed E-state index contributed by atoms with van der Waals surface area (Å²) in [6, 6.07) is -1.36. The number of alkyl halides is 17. The molecule has 29 heteroatoms. The van der Waals surface area contributed by atoms with Gasteiger partial charge in [-0.15, -0.1) is 0 Å². The third-order valence-electron chi connectivity index (χ3n) is 6.45. The minimum absolute atomic E-state index is 1.03. The van der Waals surface area contributed by atoms with E-state index in [4.69, 9.17) is 29.7 Å². The average Bonchev–Trinajstić information content (AvgIpc) is 2.87. The minimum atomic E-state index is -8.67. The molecular formula is C21H37F17O7Si5. The molecule has 0 aliphatic heterocycles. The van der Waals surface area contributed by atoms with E-state index < -0.39 is 103 Å². The Kier molecular flexibility index (Phi) is 14.6. The maximum absolute atomic E-state index is 14.6. The normalized spacial score (nSPS) is 16.3. The van der Waals surface area contributed by atoms with Crippen molar-refractivity contribution < 1.29 is 104 Å². The molecule has 0 aromatic rings. The molecule has 0 amide bonds. The van der Waals surface area contributed by atoms with Gasteiger partial charge in [-0.3, -0.25) is 0 Å². The molecule has 7 nitrogen and oxygen atoms in total. The molecule has 0 heterocycles. The topological polar surface area (TPSA) is 64.6 Å². The third kappa shape index (κ3) is 9.83. The number of rotatable bonds is 20. The summed E-state index contributed by atoms with van der Waals surface area (Å²) in [4.78, 5) is 0. The van der Waals surface area contributed by atoms with E-state index in [2.05, 4.69) is 0 Å². The molecule has 0 radical (unpaired) electrons. The van der Waals surface area contributed by atoms with Gasteiger partial charge in [0.2, 0.25) is 0 Å². The summed E-state index contributed by atoms with van der Waals surface area (Å²) in [6.07, 6.45) is -10.4. The number of hydrogen-bond donors (Lipinski definition) is 0. The van der Waals surface area contributed by atoms with Gasteiger partial charge in [-0.1, -0.05) is 0 Å². The van der Waals surface area contributed by atoms with E-state index in [1.54, 1.807) is 13.1 Å². The molecule has 0 aromatic carbocycles. The van der Waals surface area contributed by atoms with Crippen LogP contribution in [0.5, 0.6) is 0 Å². The molecule has 0 atom stereocenters. The fourth-order valence-electron chi connectivity index (χ4n) is 4.45. The molecule has 0 saturated heterocycles. The minimum Gasteiger partial charge on any atom is -0.436 e. The summed E-state index contributed by atoms with van der Waals surface area (Å²) in [5.41, 5.74) is 0. The van der Waals surface area contributed by atoms with Crippen LogP contribution in [-0.2, 0) is 29.7 Å². The molecule has 0 aliphatic rings. The summed E-state index contributed by atoms with van der Waals surface area (Å²) in [5.74, 6) is -56.6. The van der Waals surface area contributed by atoms with Crippen molar-refractivity contribution in [2.24, 2.45) is 0 Å². The third-order valence-corrected chi connectivity index (χ3v) is 24.4. The van der Waals surface area contributed by atoms with Gasteiger partial charge in [0.25, 0.3) is 0 Å². The van der Waals surface area contributed by atoms with E-state index in [1.807, 2.05) is 0 Å². The molecule has 0 fully saturated rings. The molecule has 0 unspecified atom stereocenters. The zero-order valence-electron chi connectivity index (χ0n) is 28.2. The monoisotopic (exact) mass is 864 g/mol. The fraction of sp³-hybridized carbons (Fsp3) is 1.00. The molecule has 0 saturated carbocycles. The van der Waals surface area contributed by atoms with E-state index in [0.29, 0.717) is 0 Å². The van der Waals surface area contributed by atoms with Crippen molar-refractivity contribution in [2.45, 2.75) is 112 Å². The highest BCUT2D eigenvalue weighted by Crippen LogP contribution is 2.64. The predicted octanol–water partition coefficient (Wildman–Crippen LogP) is 9.14. The predicted molar refractivity (Wildman–Crippen MR) is 151 cm³/mol. The highest BCUT2D eigenvalue weighted by molar-refractivity contribution is 6.89. The van der Waals surface area contributed by atoms with Crippen molar-refractivity contribution in [3.05, 3.63) is 0 Å². The van der Waals surface area contributed by atoms with Crippen LogP contribution >= 0.6 is 0 Å². The maximum atomic E-state index is 14.6. The summed E-state index contributed by atoms with van der Waals surface area (Å²) < 4.78 is 271. The van der Waals surface area contributed by atoms with Gasteiger partial charge in [-0.2, -0.15) is 74.6 Å². The van der Waals surface area contributed by atoms with Crippen LogP contribution in [0.25, 0.3) is 0 Å². The molecule has 0 bridgehead atoms. The van der Waals surface area contributed by atoms with Gasteiger partial charge in [-0.05, 0) is 58.4 Å². The van der Waals surface area contributed by atoms with Crippen molar-refractivity contribution >= 4 is 43.0 Å². The molecule has 302 valence electrons. The second-order valence-corrected chi connectivity index (χ2v) is 30.5. The van der Waals surface area contributed by atoms with Crippen LogP contribution < -0.4 is 0 Å². The lowest BCUT2D eigenvalue weighted by Gasteiger charge is -2.43. The van der Waals surface area contributed by atoms with Gasteiger partial charge in [0, 0.05) is 27.8 Å². The molecule has 0 aliphatic carbocycles. The smallest absolute Gasteiger partial charge is 0.436 e. The van der Waals surface area contributed by atoms with Gasteiger partial charge in [0.15, 0.2) is 8.32 Å². The summed E-state index contributed by atoms with van der Waals surface area (Å²) in [6.45, 7) is 10.7. The fourth-order valence-corrected chi connectivity index (χ4v) is 26.1. The summed E-state index contributed by atoms with van der Waals surface area (Å²) in [5, 5.41) is 0. The van der Waals surface area contributed by atoms with E-state index >= 15 is 0 Å². The lowest BCUT2D eigenvalue weighted by atomic mass is 9.88. The highest BCUT2D eigenvalue weighted by Gasteiger charge is 2.95. The Morgan fingerprint density at radius 3 is 0.980 bits per heavy atom. The van der Waals surface area contributed by atoms with Crippen molar-refractivity contribution in [3.63, 3.8) is 0 Å². The van der Waals surface area contributed by atoms with Crippen LogP contribution in [0.1, 0.15) is 6.42 Å². The number of halogens is 17. The Hall–Kier alpha value is -0.386. The summed E-state index contributed by atoms with van der Waals surface area (Å²) in [7, 11) is -14.0. The van der Waals surface area contributed by atoms with Gasteiger partial charge in [0.1, 0.15) is 0 Å². The first-order valence-electron chi connectivity index (χ1n) is 13.6. The van der Waals surface area contributed by atoms with Crippen LogP contribution in [0.4, 0.5) is 74.6 Å². The second-order valence-electron chi connectivity index (χ2n) is 12.6. The lowest BCUT2D eigenvalue weighted by molar-refractivity contribution is -0.461. The molecule has 50 heavy (non-hydrogen) atoms. The van der Waals surface area contributed by atoms with Crippen LogP contribution in [0.15, 0.2) is 0 Å². The van der Waals surface area contributed by atoms with Crippen LogP contribution in [0.2, 0.25) is 58.4 Å². The summed E-state index contributed by atoms with van der Waals surface area (Å²) >= 11 is 0. The Morgan fingerprint density at radius 2 is 0.660 bits per heavy atom. The van der Waals surface area contributed by atoms with Crippen molar-refractivity contribution in [2.75, 3.05) is 21.3 Å². The molecule has 0 N–H and O–H groups in total. The quantitative estimate of drug-likeness (QED) is 0.0895. The van der Waals surface area contributed by atoms with Crippen molar-refractivity contribution in [1.82, 2.24) is 0 Å². The van der Waals surface area contributed by atoms with E-state index in [1.165, 1.54) is 47.5 Å². The van der Waals surface area contributed by atoms with Gasteiger partial charge >= 0.3 is 82.4 Å². The maximum Gasteiger partial charge on any atom is 0.669 e. The Balaban J connectivity index is 6.20. The van der Waals surface area contributed by atoms with E-state index in [-0.39, 0.29) is 0 Å². The van der Waals surface area contributed by atoms with E-state index in [9.17, 15) is 74.6 Å². The van der Waals surface area contributed by atoms with Crippen molar-refractivity contribution in [3.8, 4) is 0 Å². The Labute approximate surface area is 281 Å². The van der Waals surface area contributed by atoms with E-state index in [0.717, 1.165) is 13.1 Å². The first-order valence-corrected chi connectivity index (χ1v) is 26.8. The molecule has 0 aromatic heterocycles. The first kappa shape index (κ1) is 49.6. The molecular weight excluding hydrogens is 828 g/mol.